The first-order valence-electron chi connectivity index (χ1n) is 11.2. The molecule has 1 aromatic heterocycles. The molecule has 1 fully saturated rings. The first kappa shape index (κ1) is 23.2. The summed E-state index contributed by atoms with van der Waals surface area (Å²) in [6, 6.07) is 15.4. The normalized spacial score (nSPS) is 15.5. The number of hydrogen-bond donors (Lipinski definition) is 1. The Morgan fingerprint density at radius 3 is 2.52 bits per heavy atom. The molecule has 0 aliphatic carbocycles. The van der Waals surface area contributed by atoms with Gasteiger partial charge in [0.2, 0.25) is 15.9 Å². The van der Waals surface area contributed by atoms with Crippen molar-refractivity contribution in [1.29, 1.82) is 0 Å². The topological polar surface area (TPSA) is 84.3 Å². The minimum atomic E-state index is -3.55. The smallest absolute Gasteiger partial charge is 0.243 e. The highest BCUT2D eigenvalue weighted by atomic mass is 32.2. The summed E-state index contributed by atoms with van der Waals surface area (Å²) in [7, 11) is -3.55. The summed E-state index contributed by atoms with van der Waals surface area (Å²) in [4.78, 5) is 13.1. The van der Waals surface area contributed by atoms with Crippen LogP contribution in [0.15, 0.2) is 65.8 Å². The summed E-state index contributed by atoms with van der Waals surface area (Å²) in [5.41, 5.74) is 3.94. The molecule has 4 rings (SSSR count). The maximum absolute atomic E-state index is 13.1. The van der Waals surface area contributed by atoms with Gasteiger partial charge in [0.15, 0.2) is 0 Å². The standard InChI is InChI=1S/C25H30N4O3S/c1-19-7-8-24(20(2)15-19)33(31,32)29-13-9-23(10-14-29)25(30)26-17-21-5-3-6-22(16-21)18-28-12-4-11-27-28/h3-8,11-12,15-16,23H,9-10,13-14,17-18H2,1-2H3,(H,26,30). The zero-order valence-corrected chi connectivity index (χ0v) is 19.9. The SMILES string of the molecule is Cc1ccc(S(=O)(=O)N2CCC(C(=O)NCc3cccc(Cn4cccn4)c3)CC2)c(C)c1. The van der Waals surface area contributed by atoms with E-state index in [-0.39, 0.29) is 11.8 Å². The van der Waals surface area contributed by atoms with E-state index in [4.69, 9.17) is 0 Å². The lowest BCUT2D eigenvalue weighted by atomic mass is 9.97. The van der Waals surface area contributed by atoms with Gasteiger partial charge in [-0.15, -0.1) is 0 Å². The predicted octanol–water partition coefficient (Wildman–Crippen LogP) is 3.27. The molecule has 1 amide bonds. The number of aromatic nitrogens is 2. The van der Waals surface area contributed by atoms with Gasteiger partial charge in [0.1, 0.15) is 0 Å². The lowest BCUT2D eigenvalue weighted by Gasteiger charge is -2.31. The fraction of sp³-hybridized carbons (Fsp3) is 0.360. The minimum Gasteiger partial charge on any atom is -0.352 e. The first-order valence-corrected chi connectivity index (χ1v) is 12.7. The number of piperidine rings is 1. The zero-order valence-electron chi connectivity index (χ0n) is 19.1. The van der Waals surface area contributed by atoms with Crippen LogP contribution in [-0.4, -0.2) is 41.5 Å². The summed E-state index contributed by atoms with van der Waals surface area (Å²) in [6.45, 7) is 5.61. The number of nitrogens with zero attached hydrogens (tertiary/aromatic N) is 3. The number of aryl methyl sites for hydroxylation is 2. The third-order valence-corrected chi connectivity index (χ3v) is 8.19. The van der Waals surface area contributed by atoms with Crippen molar-refractivity contribution in [3.8, 4) is 0 Å². The third-order valence-electron chi connectivity index (χ3n) is 6.13. The van der Waals surface area contributed by atoms with Gasteiger partial charge in [0, 0.05) is 37.9 Å². The maximum Gasteiger partial charge on any atom is 0.243 e. The highest BCUT2D eigenvalue weighted by Crippen LogP contribution is 2.26. The van der Waals surface area contributed by atoms with Crippen LogP contribution in [0.1, 0.15) is 35.1 Å². The number of benzene rings is 2. The molecular formula is C25H30N4O3S. The van der Waals surface area contributed by atoms with Crippen molar-refractivity contribution < 1.29 is 13.2 Å². The summed E-state index contributed by atoms with van der Waals surface area (Å²) in [5, 5.41) is 7.25. The van der Waals surface area contributed by atoms with Crippen LogP contribution in [0, 0.1) is 19.8 Å². The monoisotopic (exact) mass is 466 g/mol. The molecule has 0 bridgehead atoms. The van der Waals surface area contributed by atoms with Gasteiger partial charge < -0.3 is 5.32 Å². The maximum atomic E-state index is 13.1. The second kappa shape index (κ2) is 9.89. The summed E-state index contributed by atoms with van der Waals surface area (Å²) in [6.07, 6.45) is 4.72. The Kier molecular flexibility index (Phi) is 6.95. The molecule has 2 heterocycles. The Balaban J connectivity index is 1.31. The summed E-state index contributed by atoms with van der Waals surface area (Å²) < 4.78 is 29.5. The summed E-state index contributed by atoms with van der Waals surface area (Å²) in [5.74, 6) is -0.195. The Labute approximate surface area is 195 Å². The van der Waals surface area contributed by atoms with E-state index < -0.39 is 10.0 Å². The van der Waals surface area contributed by atoms with E-state index in [1.165, 1.54) is 4.31 Å². The van der Waals surface area contributed by atoms with Gasteiger partial charge in [-0.25, -0.2) is 8.42 Å². The van der Waals surface area contributed by atoms with Gasteiger partial charge in [-0.1, -0.05) is 42.0 Å². The summed E-state index contributed by atoms with van der Waals surface area (Å²) >= 11 is 0. The second-order valence-corrected chi connectivity index (χ2v) is 10.6. The van der Waals surface area contributed by atoms with Gasteiger partial charge in [-0.3, -0.25) is 9.48 Å². The van der Waals surface area contributed by atoms with E-state index in [1.54, 1.807) is 12.3 Å². The molecule has 1 saturated heterocycles. The molecule has 0 saturated carbocycles. The molecule has 1 aliphatic heterocycles. The van der Waals surface area contributed by atoms with Crippen LogP contribution in [-0.2, 0) is 27.9 Å². The fourth-order valence-electron chi connectivity index (χ4n) is 4.34. The van der Waals surface area contributed by atoms with Crippen LogP contribution in [0.25, 0.3) is 0 Å². The van der Waals surface area contributed by atoms with E-state index in [9.17, 15) is 13.2 Å². The third kappa shape index (κ3) is 5.51. The van der Waals surface area contributed by atoms with Crippen LogP contribution in [0.2, 0.25) is 0 Å². The number of carbonyl (C=O) groups is 1. The molecule has 1 aliphatic rings. The second-order valence-electron chi connectivity index (χ2n) is 8.69. The molecule has 2 aromatic carbocycles. The van der Waals surface area contributed by atoms with Gasteiger partial charge >= 0.3 is 0 Å². The predicted molar refractivity (Wildman–Crippen MR) is 127 cm³/mol. The molecule has 3 aromatic rings. The Morgan fingerprint density at radius 2 is 1.82 bits per heavy atom. The largest absolute Gasteiger partial charge is 0.352 e. The van der Waals surface area contributed by atoms with Crippen LogP contribution in [0.5, 0.6) is 0 Å². The molecule has 174 valence electrons. The molecule has 8 heteroatoms. The highest BCUT2D eigenvalue weighted by Gasteiger charge is 2.32. The molecule has 1 N–H and O–H groups in total. The number of carbonyl (C=O) groups excluding carboxylic acids is 1. The highest BCUT2D eigenvalue weighted by molar-refractivity contribution is 7.89. The first-order chi connectivity index (χ1) is 15.8. The Morgan fingerprint density at radius 1 is 1.06 bits per heavy atom. The lowest BCUT2D eigenvalue weighted by molar-refractivity contribution is -0.126. The molecule has 0 spiro atoms. The van der Waals surface area contributed by atoms with Crippen molar-refractivity contribution in [3.05, 3.63) is 83.2 Å². The lowest BCUT2D eigenvalue weighted by Crippen LogP contribution is -2.43. The quantitative estimate of drug-likeness (QED) is 0.579. The Hall–Kier alpha value is -2.97. The number of nitrogens with one attached hydrogen (secondary N) is 1. The molecule has 0 unspecified atom stereocenters. The Bertz CT molecular complexity index is 1210. The molecule has 7 nitrogen and oxygen atoms in total. The van der Waals surface area contributed by atoms with Gasteiger partial charge in [-0.2, -0.15) is 9.40 Å². The zero-order chi connectivity index (χ0) is 23.4. The van der Waals surface area contributed by atoms with Crippen LogP contribution in [0.4, 0.5) is 0 Å². The van der Waals surface area contributed by atoms with Crippen molar-refractivity contribution in [2.24, 2.45) is 5.92 Å². The van der Waals surface area contributed by atoms with Crippen LogP contribution >= 0.6 is 0 Å². The van der Waals surface area contributed by atoms with E-state index >= 15 is 0 Å². The fourth-order valence-corrected chi connectivity index (χ4v) is 6.01. The minimum absolute atomic E-state index is 0.0176. The average molecular weight is 467 g/mol. The van der Waals surface area contributed by atoms with Crippen molar-refractivity contribution in [3.63, 3.8) is 0 Å². The van der Waals surface area contributed by atoms with Crippen LogP contribution < -0.4 is 5.32 Å². The van der Waals surface area contributed by atoms with Crippen molar-refractivity contribution in [1.82, 2.24) is 19.4 Å². The molecule has 0 radical (unpaired) electrons. The van der Waals surface area contributed by atoms with Crippen LogP contribution in [0.3, 0.4) is 0 Å². The van der Waals surface area contributed by atoms with Crippen molar-refractivity contribution in [2.75, 3.05) is 13.1 Å². The van der Waals surface area contributed by atoms with E-state index in [1.807, 2.05) is 61.1 Å². The molecular weight excluding hydrogens is 436 g/mol. The van der Waals surface area contributed by atoms with E-state index in [0.29, 0.717) is 43.9 Å². The number of amides is 1. The van der Waals surface area contributed by atoms with Gasteiger partial charge in [0.25, 0.3) is 0 Å². The van der Waals surface area contributed by atoms with E-state index in [2.05, 4.69) is 16.5 Å². The van der Waals surface area contributed by atoms with Gasteiger partial charge in [-0.05, 0) is 55.5 Å². The number of hydrogen-bond acceptors (Lipinski definition) is 4. The average Bonchev–Trinajstić information content (AvgIpc) is 3.30. The molecule has 33 heavy (non-hydrogen) atoms. The van der Waals surface area contributed by atoms with Crippen molar-refractivity contribution in [2.45, 2.75) is 44.7 Å². The molecule has 0 atom stereocenters. The number of sulfonamides is 1. The van der Waals surface area contributed by atoms with E-state index in [0.717, 1.165) is 22.3 Å². The number of rotatable bonds is 7. The van der Waals surface area contributed by atoms with Gasteiger partial charge in [0.05, 0.1) is 11.4 Å². The van der Waals surface area contributed by atoms with Crippen molar-refractivity contribution >= 4 is 15.9 Å².